The van der Waals surface area contributed by atoms with Gasteiger partial charge >= 0.3 is 0 Å². The molecule has 1 aliphatic heterocycles. The van der Waals surface area contributed by atoms with Gasteiger partial charge in [-0.1, -0.05) is 144 Å². The molecule has 45 heavy (non-hydrogen) atoms. The van der Waals surface area contributed by atoms with E-state index in [1.807, 2.05) is 78.9 Å². The van der Waals surface area contributed by atoms with Gasteiger partial charge in [-0.15, -0.1) is 0 Å². The van der Waals surface area contributed by atoms with Gasteiger partial charge in [-0.2, -0.15) is 5.10 Å². The molecule has 0 radical (unpaired) electrons. The van der Waals surface area contributed by atoms with Gasteiger partial charge in [0, 0.05) is 21.9 Å². The summed E-state index contributed by atoms with van der Waals surface area (Å²) in [5.74, 6) is 0.978. The molecule has 0 saturated carbocycles. The Morgan fingerprint density at radius 1 is 0.978 bits per heavy atom. The summed E-state index contributed by atoms with van der Waals surface area (Å²) < 4.78 is 5.91. The highest BCUT2D eigenvalue weighted by Crippen LogP contribution is 2.36. The fraction of sp³-hybridized carbons (Fsp3) is 0.550. The molecule has 4 rings (SSSR count). The second kappa shape index (κ2) is 24.4. The molecule has 1 aliphatic rings. The minimum Gasteiger partial charge on any atom is -0.493 e. The first-order chi connectivity index (χ1) is 21.8. The summed E-state index contributed by atoms with van der Waals surface area (Å²) in [7, 11) is 0. The number of hydrogen-bond donors (Lipinski definition) is 1. The summed E-state index contributed by atoms with van der Waals surface area (Å²) in [6.07, 6.45) is 12.0. The number of carbonyl (C=O) groups excluding carboxylic acids is 1. The first-order valence-electron chi connectivity index (χ1n) is 17.6. The maximum absolute atomic E-state index is 13.7. The third-order valence-corrected chi connectivity index (χ3v) is 7.54. The van der Waals surface area contributed by atoms with E-state index in [2.05, 4.69) is 63.0 Å². The van der Waals surface area contributed by atoms with Gasteiger partial charge in [-0.25, -0.2) is 0 Å². The number of aryl methyl sites for hydroxylation is 1. The minimum atomic E-state index is -0.230. The smallest absolute Gasteiger partial charge is 0.169 e. The lowest BCUT2D eigenvalue weighted by Gasteiger charge is -2.26. The SMILES string of the molecule is C/C=C(/C(=O)C1COc2ccc(Cl)cc2C1)c1ccc(-c2cn[nH]c2CCC)cc1C(C)C.CC.CC.CC.CCCCCC. The average molecular weight is 639 g/mol. The molecule has 2 aromatic carbocycles. The van der Waals surface area contributed by atoms with Crippen molar-refractivity contribution in [1.82, 2.24) is 10.2 Å². The van der Waals surface area contributed by atoms with Gasteiger partial charge in [0.1, 0.15) is 5.75 Å². The molecule has 5 heteroatoms. The van der Waals surface area contributed by atoms with E-state index in [-0.39, 0.29) is 17.6 Å². The second-order valence-electron chi connectivity index (χ2n) is 10.7. The number of unbranched alkanes of at least 4 members (excludes halogenated alkanes) is 3. The number of allylic oxidation sites excluding steroid dienone is 2. The van der Waals surface area contributed by atoms with E-state index in [1.54, 1.807) is 0 Å². The Hall–Kier alpha value is -2.85. The van der Waals surface area contributed by atoms with Crippen LogP contribution in [-0.2, 0) is 17.6 Å². The molecular formula is C40H63ClN2O2. The van der Waals surface area contributed by atoms with Gasteiger partial charge in [0.05, 0.1) is 18.7 Å². The lowest BCUT2D eigenvalue weighted by molar-refractivity contribution is -0.118. The molecule has 0 aliphatic carbocycles. The van der Waals surface area contributed by atoms with Crippen LogP contribution in [0.1, 0.15) is 143 Å². The number of ketones is 1. The number of nitrogens with one attached hydrogen (secondary N) is 1. The highest BCUT2D eigenvalue weighted by molar-refractivity contribution is 6.30. The molecule has 2 heterocycles. The summed E-state index contributed by atoms with van der Waals surface area (Å²) in [4.78, 5) is 13.7. The van der Waals surface area contributed by atoms with Crippen LogP contribution < -0.4 is 4.74 Å². The summed E-state index contributed by atoms with van der Waals surface area (Å²) in [5, 5.41) is 8.07. The predicted molar refractivity (Wildman–Crippen MR) is 199 cm³/mol. The maximum atomic E-state index is 13.7. The molecule has 4 nitrogen and oxygen atoms in total. The molecule has 1 aromatic heterocycles. The van der Waals surface area contributed by atoms with Crippen molar-refractivity contribution in [2.45, 2.75) is 134 Å². The van der Waals surface area contributed by atoms with Crippen molar-refractivity contribution in [3.63, 3.8) is 0 Å². The van der Waals surface area contributed by atoms with Crippen LogP contribution in [0.2, 0.25) is 5.02 Å². The van der Waals surface area contributed by atoms with E-state index in [1.165, 1.54) is 25.7 Å². The highest BCUT2D eigenvalue weighted by atomic mass is 35.5. The molecule has 1 N–H and O–H groups in total. The molecule has 1 atom stereocenters. The van der Waals surface area contributed by atoms with E-state index in [0.717, 1.165) is 57.7 Å². The second-order valence-corrected chi connectivity index (χ2v) is 11.1. The Labute approximate surface area is 281 Å². The fourth-order valence-electron chi connectivity index (χ4n) is 5.14. The van der Waals surface area contributed by atoms with Crippen LogP contribution >= 0.6 is 11.6 Å². The molecule has 252 valence electrons. The monoisotopic (exact) mass is 638 g/mol. The van der Waals surface area contributed by atoms with Gasteiger partial charge in [-0.3, -0.25) is 9.89 Å². The van der Waals surface area contributed by atoms with Crippen LogP contribution in [-0.4, -0.2) is 22.6 Å². The number of benzene rings is 2. The molecule has 0 saturated heterocycles. The van der Waals surface area contributed by atoms with Gasteiger partial charge in [0.25, 0.3) is 0 Å². The van der Waals surface area contributed by atoms with Crippen molar-refractivity contribution in [2.24, 2.45) is 5.92 Å². The number of halogens is 1. The summed E-state index contributed by atoms with van der Waals surface area (Å²) >= 11 is 6.17. The molecule has 0 bridgehead atoms. The number of Topliss-reactive ketones (excluding diaryl/α,β-unsaturated/α-hetero) is 1. The Kier molecular flexibility index (Phi) is 22.8. The maximum Gasteiger partial charge on any atom is 0.169 e. The normalized spacial score (nSPS) is 13.3. The van der Waals surface area contributed by atoms with Crippen LogP contribution in [0.5, 0.6) is 5.75 Å². The number of H-pyrrole nitrogens is 1. The van der Waals surface area contributed by atoms with E-state index in [9.17, 15) is 4.79 Å². The molecule has 0 fully saturated rings. The van der Waals surface area contributed by atoms with Crippen LogP contribution in [0.15, 0.2) is 48.7 Å². The van der Waals surface area contributed by atoms with Crippen LogP contribution in [0, 0.1) is 5.92 Å². The first kappa shape index (κ1) is 42.1. The molecule has 3 aromatic rings. The summed E-state index contributed by atoms with van der Waals surface area (Å²) in [6, 6.07) is 12.0. The zero-order valence-electron chi connectivity index (χ0n) is 30.6. The zero-order chi connectivity index (χ0) is 34.4. The van der Waals surface area contributed by atoms with E-state index >= 15 is 0 Å². The zero-order valence-corrected chi connectivity index (χ0v) is 31.3. The Bertz CT molecular complexity index is 1250. The number of rotatable bonds is 10. The number of aromatic amines is 1. The van der Waals surface area contributed by atoms with Crippen molar-refractivity contribution in [2.75, 3.05) is 6.61 Å². The van der Waals surface area contributed by atoms with Crippen LogP contribution in [0.25, 0.3) is 16.7 Å². The third-order valence-electron chi connectivity index (χ3n) is 7.30. The summed E-state index contributed by atoms with van der Waals surface area (Å²) in [5.41, 5.74) is 7.33. The lowest BCUT2D eigenvalue weighted by Crippen LogP contribution is -2.29. The number of nitrogens with zero attached hydrogens (tertiary/aromatic N) is 1. The van der Waals surface area contributed by atoms with Crippen molar-refractivity contribution >= 4 is 23.0 Å². The molecular weight excluding hydrogens is 576 g/mol. The molecule has 0 spiro atoms. The highest BCUT2D eigenvalue weighted by Gasteiger charge is 2.30. The standard InChI is InChI=1S/C28H31ClN2O2.C6H14.3C2H6/c1-5-7-26-25(15-30-31-26)18-8-10-23(24(14-18)17(3)4)22(6-2)28(32)20-12-19-13-21(29)9-11-27(19)33-16-20;1-3-5-6-4-2;3*1-2/h6,8-11,13-15,17,20H,5,7,12,16H2,1-4H3,(H,30,31);3-6H2,1-2H3;3*1-2H3/b22-6+;;;;. The number of aromatic nitrogens is 2. The number of hydrogen-bond acceptors (Lipinski definition) is 3. The van der Waals surface area contributed by atoms with Crippen molar-refractivity contribution in [3.8, 4) is 16.9 Å². The molecule has 1 unspecified atom stereocenters. The van der Waals surface area contributed by atoms with E-state index in [4.69, 9.17) is 16.3 Å². The summed E-state index contributed by atoms with van der Waals surface area (Å²) in [6.45, 7) is 25.3. The van der Waals surface area contributed by atoms with Gasteiger partial charge in [0.2, 0.25) is 0 Å². The lowest BCUT2D eigenvalue weighted by atomic mass is 9.83. The Balaban J connectivity index is 0.00000141. The van der Waals surface area contributed by atoms with Crippen LogP contribution in [0.3, 0.4) is 0 Å². The topological polar surface area (TPSA) is 55.0 Å². The Morgan fingerprint density at radius 3 is 2.18 bits per heavy atom. The fourth-order valence-corrected chi connectivity index (χ4v) is 5.33. The largest absolute Gasteiger partial charge is 0.493 e. The first-order valence-corrected chi connectivity index (χ1v) is 18.0. The number of fused-ring (bicyclic) bond motifs is 1. The van der Waals surface area contributed by atoms with Crippen molar-refractivity contribution in [3.05, 3.63) is 76.1 Å². The minimum absolute atomic E-state index is 0.118. The van der Waals surface area contributed by atoms with Crippen molar-refractivity contribution in [1.29, 1.82) is 0 Å². The average Bonchev–Trinajstić information content (AvgIpc) is 3.55. The van der Waals surface area contributed by atoms with Gasteiger partial charge < -0.3 is 4.74 Å². The van der Waals surface area contributed by atoms with Gasteiger partial charge in [0.15, 0.2) is 5.78 Å². The number of carbonyl (C=O) groups is 1. The van der Waals surface area contributed by atoms with Gasteiger partial charge in [-0.05, 0) is 66.1 Å². The van der Waals surface area contributed by atoms with E-state index in [0.29, 0.717) is 18.1 Å². The predicted octanol–water partition coefficient (Wildman–Crippen LogP) is 12.7. The molecule has 0 amide bonds. The van der Waals surface area contributed by atoms with E-state index < -0.39 is 0 Å². The number of ether oxygens (including phenoxy) is 1. The van der Waals surface area contributed by atoms with Crippen LogP contribution in [0.4, 0.5) is 0 Å². The van der Waals surface area contributed by atoms with Crippen molar-refractivity contribution < 1.29 is 9.53 Å². The third kappa shape index (κ3) is 12.8. The Morgan fingerprint density at radius 2 is 1.62 bits per heavy atom. The quantitative estimate of drug-likeness (QED) is 0.177.